The number of piperazine rings is 1. The number of nitrogens with one attached hydrogen (secondary N) is 3. The smallest absolute Gasteiger partial charge is 0.229 e. The van der Waals surface area contributed by atoms with Gasteiger partial charge in [0, 0.05) is 64.3 Å². The fourth-order valence-electron chi connectivity index (χ4n) is 8.18. The van der Waals surface area contributed by atoms with Crippen LogP contribution in [-0.2, 0) is 9.53 Å². The third-order valence-electron chi connectivity index (χ3n) is 11.0. The molecule has 6 aliphatic rings. The number of rotatable bonds is 8. The second kappa shape index (κ2) is 12.7. The first-order chi connectivity index (χ1) is 19.9. The third kappa shape index (κ3) is 6.15. The Hall–Kier alpha value is -1.43. The average Bonchev–Trinajstić information content (AvgIpc) is 3.75. The summed E-state index contributed by atoms with van der Waals surface area (Å²) >= 11 is 0. The summed E-state index contributed by atoms with van der Waals surface area (Å²) in [5, 5.41) is 20.0. The highest BCUT2D eigenvalue weighted by atomic mass is 19.1. The molecule has 6 rings (SSSR count). The molecule has 2 aliphatic carbocycles. The number of halogens is 1. The molecule has 11 nitrogen and oxygen atoms in total. The largest absolute Gasteiger partial charge is 0.378 e. The maximum Gasteiger partial charge on any atom is 0.229 e. The summed E-state index contributed by atoms with van der Waals surface area (Å²) in [5.41, 5.74) is 12.5. The van der Waals surface area contributed by atoms with E-state index in [1.54, 1.807) is 0 Å². The minimum atomic E-state index is -1.08. The predicted octanol–water partition coefficient (Wildman–Crippen LogP) is -0.859. The Kier molecular flexibility index (Phi) is 9.15. The molecule has 6 unspecified atom stereocenters. The molecule has 0 bridgehead atoms. The van der Waals surface area contributed by atoms with Crippen molar-refractivity contribution >= 4 is 5.91 Å². The summed E-state index contributed by atoms with van der Waals surface area (Å²) < 4.78 is 20.9. The highest BCUT2D eigenvalue weighted by molar-refractivity contribution is 5.80. The van der Waals surface area contributed by atoms with E-state index in [1.807, 2.05) is 0 Å². The Morgan fingerprint density at radius 1 is 1.02 bits per heavy atom. The molecule has 7 N–H and O–H groups in total. The van der Waals surface area contributed by atoms with Crippen molar-refractivity contribution in [2.45, 2.75) is 87.6 Å². The van der Waals surface area contributed by atoms with Gasteiger partial charge in [0.25, 0.3) is 0 Å². The summed E-state index contributed by atoms with van der Waals surface area (Å²) in [4.78, 5) is 21.1. The van der Waals surface area contributed by atoms with E-state index in [9.17, 15) is 10.1 Å². The van der Waals surface area contributed by atoms with Crippen molar-refractivity contribution in [1.29, 1.82) is 5.26 Å². The minimum absolute atomic E-state index is 0.214. The van der Waals surface area contributed by atoms with E-state index < -0.39 is 24.3 Å². The fourth-order valence-corrected chi connectivity index (χ4v) is 8.18. The monoisotopic (exact) mass is 575 g/mol. The van der Waals surface area contributed by atoms with E-state index in [-0.39, 0.29) is 36.0 Å². The number of nitrogens with two attached hydrogens (primary N) is 2. The number of piperidine rings is 1. The molecular weight excluding hydrogens is 525 g/mol. The van der Waals surface area contributed by atoms with Crippen LogP contribution in [0.2, 0.25) is 0 Å². The Labute approximate surface area is 243 Å². The highest BCUT2D eigenvalue weighted by Gasteiger charge is 2.54. The number of hydrogen-bond acceptors (Lipinski definition) is 10. The van der Waals surface area contributed by atoms with Crippen LogP contribution in [0, 0.1) is 28.6 Å². The SMILES string of the molecule is N#CC1(C2CNC(C(C(=O)NC3CNCC(F)C3N3CCN(C4COC4)CC3)C(N)N)N(C3CCCCC3)C2)CC1. The van der Waals surface area contributed by atoms with Crippen LogP contribution in [0.1, 0.15) is 44.9 Å². The Morgan fingerprint density at radius 2 is 1.73 bits per heavy atom. The standard InChI is InChI=1S/C29H50FN9O2/c30-22-13-34-14-23(25(22)38-10-8-37(9-11-38)21-16-41-17-21)36-28(40)24(26(32)33)27-35-12-19(29(18-31)6-7-29)15-39(27)20-4-2-1-3-5-20/h19-27,34-35H,1-17,32-33H2,(H,36,40). The summed E-state index contributed by atoms with van der Waals surface area (Å²) in [6, 6.07) is 2.64. The molecule has 6 atom stereocenters. The van der Waals surface area contributed by atoms with Crippen molar-refractivity contribution in [3.63, 3.8) is 0 Å². The molecule has 4 heterocycles. The number of amides is 1. The lowest BCUT2D eigenvalue weighted by Gasteiger charge is -2.50. The van der Waals surface area contributed by atoms with Crippen molar-refractivity contribution in [2.24, 2.45) is 28.7 Å². The molecule has 1 amide bonds. The predicted molar refractivity (Wildman–Crippen MR) is 153 cm³/mol. The van der Waals surface area contributed by atoms with Gasteiger partial charge in [0.2, 0.25) is 5.91 Å². The molecule has 0 aromatic rings. The maximum absolute atomic E-state index is 15.5. The third-order valence-corrected chi connectivity index (χ3v) is 11.0. The van der Waals surface area contributed by atoms with Crippen LogP contribution in [0.5, 0.6) is 0 Å². The molecule has 41 heavy (non-hydrogen) atoms. The number of ether oxygens (including phenoxy) is 1. The van der Waals surface area contributed by atoms with E-state index in [0.717, 1.165) is 71.6 Å². The number of hydrogen-bond donors (Lipinski definition) is 5. The fraction of sp³-hybridized carbons (Fsp3) is 0.931. The van der Waals surface area contributed by atoms with Crippen molar-refractivity contribution in [2.75, 3.05) is 65.6 Å². The van der Waals surface area contributed by atoms with Crippen molar-refractivity contribution < 1.29 is 13.9 Å². The second-order valence-electron chi connectivity index (χ2n) is 13.5. The van der Waals surface area contributed by atoms with Crippen LogP contribution in [0.25, 0.3) is 0 Å². The minimum Gasteiger partial charge on any atom is -0.378 e. The van der Waals surface area contributed by atoms with Crippen molar-refractivity contribution in [1.82, 2.24) is 30.7 Å². The summed E-state index contributed by atoms with van der Waals surface area (Å²) in [5.74, 6) is -0.673. The topological polar surface area (TPSA) is 148 Å². The molecule has 12 heteroatoms. The Morgan fingerprint density at radius 3 is 2.34 bits per heavy atom. The number of carbonyl (C=O) groups excluding carboxylic acids is 1. The average molecular weight is 576 g/mol. The van der Waals surface area contributed by atoms with Gasteiger partial charge in [-0.2, -0.15) is 5.26 Å². The van der Waals surface area contributed by atoms with Crippen LogP contribution < -0.4 is 27.4 Å². The van der Waals surface area contributed by atoms with Crippen molar-refractivity contribution in [3.05, 3.63) is 0 Å². The maximum atomic E-state index is 15.5. The van der Waals surface area contributed by atoms with Gasteiger partial charge in [-0.1, -0.05) is 19.3 Å². The summed E-state index contributed by atoms with van der Waals surface area (Å²) in [7, 11) is 0. The van der Waals surface area contributed by atoms with E-state index in [1.165, 1.54) is 19.3 Å². The van der Waals surface area contributed by atoms with E-state index >= 15 is 4.39 Å². The Balaban J connectivity index is 1.16. The van der Waals surface area contributed by atoms with E-state index in [0.29, 0.717) is 25.2 Å². The van der Waals surface area contributed by atoms with E-state index in [2.05, 4.69) is 36.7 Å². The van der Waals surface area contributed by atoms with Crippen molar-refractivity contribution in [3.8, 4) is 6.07 Å². The number of nitrogens with zero attached hydrogens (tertiary/aromatic N) is 4. The molecule has 0 aromatic carbocycles. The first-order valence-corrected chi connectivity index (χ1v) is 16.0. The van der Waals surface area contributed by atoms with Gasteiger partial charge in [-0.3, -0.25) is 19.5 Å². The molecule has 0 aromatic heterocycles. The summed E-state index contributed by atoms with van der Waals surface area (Å²) in [6.07, 6.45) is 5.36. The van der Waals surface area contributed by atoms with Gasteiger partial charge in [0.15, 0.2) is 0 Å². The lowest BCUT2D eigenvalue weighted by molar-refractivity contribution is -0.133. The van der Waals surface area contributed by atoms with Gasteiger partial charge in [0.05, 0.1) is 61.1 Å². The zero-order valence-corrected chi connectivity index (χ0v) is 24.4. The Bertz CT molecular complexity index is 943. The van der Waals surface area contributed by atoms with E-state index in [4.69, 9.17) is 16.2 Å². The zero-order chi connectivity index (χ0) is 28.6. The number of alkyl halides is 1. The second-order valence-corrected chi connectivity index (χ2v) is 13.5. The molecule has 2 saturated carbocycles. The van der Waals surface area contributed by atoms with Gasteiger partial charge in [-0.05, 0) is 25.7 Å². The molecular formula is C29H50FN9O2. The molecule has 230 valence electrons. The zero-order valence-electron chi connectivity index (χ0n) is 24.4. The van der Waals surface area contributed by atoms with Gasteiger partial charge in [-0.15, -0.1) is 0 Å². The lowest BCUT2D eigenvalue weighted by Crippen LogP contribution is -2.71. The first kappa shape index (κ1) is 29.6. The first-order valence-electron chi connectivity index (χ1n) is 16.0. The molecule has 4 aliphatic heterocycles. The normalized spacial score (nSPS) is 36.8. The van der Waals surface area contributed by atoms with Gasteiger partial charge in [0.1, 0.15) is 6.17 Å². The van der Waals surface area contributed by atoms with Crippen LogP contribution in [0.15, 0.2) is 0 Å². The quantitative estimate of drug-likeness (QED) is 0.232. The van der Waals surface area contributed by atoms with Gasteiger partial charge >= 0.3 is 0 Å². The number of carbonyl (C=O) groups is 1. The van der Waals surface area contributed by atoms with Crippen LogP contribution in [0.4, 0.5) is 4.39 Å². The lowest BCUT2D eigenvalue weighted by atomic mass is 9.83. The number of nitriles is 1. The highest BCUT2D eigenvalue weighted by Crippen LogP contribution is 2.52. The summed E-state index contributed by atoms with van der Waals surface area (Å²) in [6.45, 7) is 7.13. The van der Waals surface area contributed by atoms with Crippen LogP contribution in [0.3, 0.4) is 0 Å². The molecule has 0 spiro atoms. The molecule has 6 fully saturated rings. The van der Waals surface area contributed by atoms with Gasteiger partial charge < -0.3 is 32.2 Å². The van der Waals surface area contributed by atoms with Gasteiger partial charge in [-0.25, -0.2) is 4.39 Å². The van der Waals surface area contributed by atoms with Crippen LogP contribution in [-0.4, -0.2) is 129 Å². The molecule has 0 radical (unpaired) electrons. The van der Waals surface area contributed by atoms with Crippen LogP contribution >= 0.6 is 0 Å². The molecule has 4 saturated heterocycles.